The van der Waals surface area contributed by atoms with Crippen LogP contribution in [0, 0.1) is 11.7 Å². The first kappa shape index (κ1) is 17.3. The normalized spacial score (nSPS) is 17.2. The highest BCUT2D eigenvalue weighted by molar-refractivity contribution is 5.76. The zero-order valence-electron chi connectivity index (χ0n) is 14.7. The summed E-state index contributed by atoms with van der Waals surface area (Å²) in [5, 5.41) is 7.86. The SMILES string of the molecule is O=C(Cn1cncn1)N1CCC[C@@H](Cc2nc(-c3ccccc3F)no2)C1. The van der Waals surface area contributed by atoms with Gasteiger partial charge in [-0.25, -0.2) is 14.1 Å². The van der Waals surface area contributed by atoms with Crippen molar-refractivity contribution in [2.45, 2.75) is 25.8 Å². The maximum atomic E-state index is 13.9. The molecule has 3 heterocycles. The van der Waals surface area contributed by atoms with Gasteiger partial charge in [0.15, 0.2) is 0 Å². The minimum atomic E-state index is -0.382. The number of carbonyl (C=O) groups excluding carboxylic acids is 1. The van der Waals surface area contributed by atoms with Gasteiger partial charge in [-0.05, 0) is 30.9 Å². The molecule has 0 unspecified atom stereocenters. The minimum Gasteiger partial charge on any atom is -0.341 e. The minimum absolute atomic E-state index is 0.0165. The Bertz CT molecular complexity index is 910. The van der Waals surface area contributed by atoms with Crippen LogP contribution in [0.15, 0.2) is 41.4 Å². The van der Waals surface area contributed by atoms with Crippen molar-refractivity contribution in [1.82, 2.24) is 29.8 Å². The van der Waals surface area contributed by atoms with E-state index in [1.165, 1.54) is 23.4 Å². The van der Waals surface area contributed by atoms with Crippen molar-refractivity contribution >= 4 is 5.91 Å². The lowest BCUT2D eigenvalue weighted by molar-refractivity contribution is -0.133. The molecule has 0 spiro atoms. The van der Waals surface area contributed by atoms with Crippen LogP contribution in [0.25, 0.3) is 11.4 Å². The molecule has 140 valence electrons. The number of likely N-dealkylation sites (tertiary alicyclic amines) is 1. The van der Waals surface area contributed by atoms with E-state index in [0.717, 1.165) is 19.4 Å². The van der Waals surface area contributed by atoms with Gasteiger partial charge < -0.3 is 9.42 Å². The third kappa shape index (κ3) is 4.02. The van der Waals surface area contributed by atoms with Crippen molar-refractivity contribution in [2.75, 3.05) is 13.1 Å². The fraction of sp³-hybridized carbons (Fsp3) is 0.389. The number of hydrogen-bond donors (Lipinski definition) is 0. The molecule has 1 aliphatic heterocycles. The van der Waals surface area contributed by atoms with Crippen molar-refractivity contribution in [1.29, 1.82) is 0 Å². The van der Waals surface area contributed by atoms with E-state index in [0.29, 0.717) is 24.4 Å². The second-order valence-corrected chi connectivity index (χ2v) is 6.64. The molecule has 1 fully saturated rings. The van der Waals surface area contributed by atoms with Gasteiger partial charge in [-0.3, -0.25) is 4.79 Å². The van der Waals surface area contributed by atoms with E-state index >= 15 is 0 Å². The van der Waals surface area contributed by atoms with Crippen LogP contribution < -0.4 is 0 Å². The van der Waals surface area contributed by atoms with Crippen molar-refractivity contribution in [2.24, 2.45) is 5.92 Å². The van der Waals surface area contributed by atoms with Crippen molar-refractivity contribution in [3.05, 3.63) is 48.6 Å². The molecule has 9 heteroatoms. The van der Waals surface area contributed by atoms with Gasteiger partial charge in [-0.2, -0.15) is 10.1 Å². The second kappa shape index (κ2) is 7.65. The molecule has 1 aliphatic rings. The summed E-state index contributed by atoms with van der Waals surface area (Å²) in [4.78, 5) is 22.4. The average Bonchev–Trinajstić information content (AvgIpc) is 3.34. The molecule has 3 aromatic rings. The summed E-state index contributed by atoms with van der Waals surface area (Å²) in [7, 11) is 0. The summed E-state index contributed by atoms with van der Waals surface area (Å²) in [6.07, 6.45) is 5.40. The van der Waals surface area contributed by atoms with Crippen molar-refractivity contribution in [3.8, 4) is 11.4 Å². The maximum Gasteiger partial charge on any atom is 0.244 e. The van der Waals surface area contributed by atoms with E-state index in [4.69, 9.17) is 4.52 Å². The van der Waals surface area contributed by atoms with Crippen LogP contribution in [0.2, 0.25) is 0 Å². The highest BCUT2D eigenvalue weighted by Gasteiger charge is 2.26. The molecule has 2 aromatic heterocycles. The van der Waals surface area contributed by atoms with Gasteiger partial charge in [0.1, 0.15) is 25.0 Å². The number of aromatic nitrogens is 5. The number of benzene rings is 1. The quantitative estimate of drug-likeness (QED) is 0.682. The maximum absolute atomic E-state index is 13.9. The fourth-order valence-corrected chi connectivity index (χ4v) is 3.35. The molecule has 8 nitrogen and oxygen atoms in total. The Labute approximate surface area is 155 Å². The highest BCUT2D eigenvalue weighted by atomic mass is 19.1. The summed E-state index contributed by atoms with van der Waals surface area (Å²) < 4.78 is 20.7. The monoisotopic (exact) mass is 370 g/mol. The van der Waals surface area contributed by atoms with E-state index < -0.39 is 0 Å². The predicted octanol–water partition coefficient (Wildman–Crippen LogP) is 1.95. The first-order valence-corrected chi connectivity index (χ1v) is 8.86. The summed E-state index contributed by atoms with van der Waals surface area (Å²) in [6, 6.07) is 6.33. The van der Waals surface area contributed by atoms with Crippen molar-refractivity contribution in [3.63, 3.8) is 0 Å². The fourth-order valence-electron chi connectivity index (χ4n) is 3.35. The van der Waals surface area contributed by atoms with Gasteiger partial charge in [0.05, 0.1) is 5.56 Å². The van der Waals surface area contributed by atoms with Crippen LogP contribution in [-0.4, -0.2) is 48.8 Å². The van der Waals surface area contributed by atoms with Gasteiger partial charge >= 0.3 is 0 Å². The Morgan fingerprint density at radius 3 is 3.04 bits per heavy atom. The number of amides is 1. The lowest BCUT2D eigenvalue weighted by atomic mass is 9.94. The molecule has 0 saturated carbocycles. The Kier molecular flexibility index (Phi) is 4.91. The third-order valence-electron chi connectivity index (χ3n) is 4.68. The third-order valence-corrected chi connectivity index (χ3v) is 4.68. The molecule has 0 aliphatic carbocycles. The Morgan fingerprint density at radius 2 is 2.22 bits per heavy atom. The van der Waals surface area contributed by atoms with Gasteiger partial charge in [0, 0.05) is 19.5 Å². The average molecular weight is 370 g/mol. The molecule has 1 saturated heterocycles. The number of piperidine rings is 1. The Morgan fingerprint density at radius 1 is 1.33 bits per heavy atom. The molecule has 27 heavy (non-hydrogen) atoms. The summed E-state index contributed by atoms with van der Waals surface area (Å²) in [5.74, 6) is 0.574. The first-order valence-electron chi connectivity index (χ1n) is 8.86. The summed E-state index contributed by atoms with van der Waals surface area (Å²) in [5.41, 5.74) is 0.320. The second-order valence-electron chi connectivity index (χ2n) is 6.64. The van der Waals surface area contributed by atoms with Gasteiger partial charge in [0.2, 0.25) is 17.6 Å². The zero-order chi connectivity index (χ0) is 18.6. The van der Waals surface area contributed by atoms with E-state index in [-0.39, 0.29) is 30.0 Å². The molecule has 1 amide bonds. The van der Waals surface area contributed by atoms with Crippen molar-refractivity contribution < 1.29 is 13.7 Å². The van der Waals surface area contributed by atoms with Crippen LogP contribution in [0.5, 0.6) is 0 Å². The number of halogens is 1. The van der Waals surface area contributed by atoms with Gasteiger partial charge in [-0.15, -0.1) is 0 Å². The molecule has 4 rings (SSSR count). The van der Waals surface area contributed by atoms with Gasteiger partial charge in [-0.1, -0.05) is 17.3 Å². The lowest BCUT2D eigenvalue weighted by Crippen LogP contribution is -2.42. The number of hydrogen-bond acceptors (Lipinski definition) is 6. The largest absolute Gasteiger partial charge is 0.341 e. The van der Waals surface area contributed by atoms with Crippen LogP contribution in [0.4, 0.5) is 4.39 Å². The molecular formula is C18H19FN6O2. The van der Waals surface area contributed by atoms with Crippen LogP contribution >= 0.6 is 0 Å². The topological polar surface area (TPSA) is 89.9 Å². The Hall–Kier alpha value is -3.10. The highest BCUT2D eigenvalue weighted by Crippen LogP contribution is 2.23. The first-order chi connectivity index (χ1) is 13.2. The Balaban J connectivity index is 1.38. The number of rotatable bonds is 5. The van der Waals surface area contributed by atoms with E-state index in [1.807, 2.05) is 4.90 Å². The van der Waals surface area contributed by atoms with Gasteiger partial charge in [0.25, 0.3) is 0 Å². The number of nitrogens with zero attached hydrogens (tertiary/aromatic N) is 6. The standard InChI is InChI=1S/C18H19FN6O2/c19-15-6-2-1-5-14(15)18-22-16(27-23-18)8-13-4-3-7-24(9-13)17(26)10-25-12-20-11-21-25/h1-2,5-6,11-13H,3-4,7-10H2/t13-/m0/s1. The lowest BCUT2D eigenvalue weighted by Gasteiger charge is -2.32. The molecule has 1 atom stereocenters. The van der Waals surface area contributed by atoms with E-state index in [9.17, 15) is 9.18 Å². The predicted molar refractivity (Wildman–Crippen MR) is 92.7 cm³/mol. The molecule has 0 N–H and O–H groups in total. The summed E-state index contributed by atoms with van der Waals surface area (Å²) >= 11 is 0. The van der Waals surface area contributed by atoms with E-state index in [1.54, 1.807) is 18.2 Å². The van der Waals surface area contributed by atoms with Crippen LogP contribution in [0.1, 0.15) is 18.7 Å². The molecular weight excluding hydrogens is 351 g/mol. The van der Waals surface area contributed by atoms with Crippen LogP contribution in [0.3, 0.4) is 0 Å². The molecule has 0 radical (unpaired) electrons. The molecule has 0 bridgehead atoms. The van der Waals surface area contributed by atoms with E-state index in [2.05, 4.69) is 20.2 Å². The number of carbonyl (C=O) groups is 1. The summed E-state index contributed by atoms with van der Waals surface area (Å²) in [6.45, 7) is 1.55. The van der Waals surface area contributed by atoms with Crippen LogP contribution in [-0.2, 0) is 17.8 Å². The molecule has 1 aromatic carbocycles. The smallest absolute Gasteiger partial charge is 0.244 e. The zero-order valence-corrected chi connectivity index (χ0v) is 14.7.